The number of fused-ring (bicyclic) bond motifs is 4. The van der Waals surface area contributed by atoms with Crippen LogP contribution in [0.5, 0.6) is 0 Å². The molecule has 136 valence electrons. The third-order valence-corrected chi connectivity index (χ3v) is 5.50. The number of amides is 1. The maximum absolute atomic E-state index is 12.5. The Morgan fingerprint density at radius 2 is 1.71 bits per heavy atom. The van der Waals surface area contributed by atoms with Gasteiger partial charge in [-0.2, -0.15) is 0 Å². The second kappa shape index (κ2) is 6.98. The van der Waals surface area contributed by atoms with E-state index in [4.69, 9.17) is 4.42 Å². The minimum absolute atomic E-state index is 0.0933. The molecular formula is C22H15N3O2S. The minimum atomic E-state index is -0.0933. The molecule has 0 atom stereocenters. The van der Waals surface area contributed by atoms with Gasteiger partial charge in [-0.15, -0.1) is 0 Å². The van der Waals surface area contributed by atoms with E-state index in [0.717, 1.165) is 32.9 Å². The van der Waals surface area contributed by atoms with E-state index in [-0.39, 0.29) is 11.7 Å². The summed E-state index contributed by atoms with van der Waals surface area (Å²) in [4.78, 5) is 21.2. The molecule has 3 aromatic carbocycles. The number of para-hydroxylation sites is 1. The zero-order chi connectivity index (χ0) is 18.9. The van der Waals surface area contributed by atoms with Crippen LogP contribution in [0.25, 0.3) is 32.8 Å². The lowest BCUT2D eigenvalue weighted by Crippen LogP contribution is -2.14. The summed E-state index contributed by atoms with van der Waals surface area (Å²) in [5, 5.41) is 6.71. The van der Waals surface area contributed by atoms with Crippen LogP contribution in [0.15, 0.2) is 82.5 Å². The maximum atomic E-state index is 12.5. The molecule has 5 aromatic rings. The highest BCUT2D eigenvalue weighted by Crippen LogP contribution is 2.32. The molecule has 0 aliphatic rings. The van der Waals surface area contributed by atoms with E-state index >= 15 is 0 Å². The molecular weight excluding hydrogens is 370 g/mol. The third kappa shape index (κ3) is 2.97. The summed E-state index contributed by atoms with van der Waals surface area (Å²) in [5.74, 6) is 0.135. The van der Waals surface area contributed by atoms with Crippen LogP contribution in [0.2, 0.25) is 0 Å². The summed E-state index contributed by atoms with van der Waals surface area (Å²) < 4.78 is 5.91. The van der Waals surface area contributed by atoms with Crippen molar-refractivity contribution in [3.63, 3.8) is 0 Å². The Morgan fingerprint density at radius 1 is 0.929 bits per heavy atom. The average Bonchev–Trinajstić information content (AvgIpc) is 3.12. The van der Waals surface area contributed by atoms with Crippen LogP contribution in [-0.4, -0.2) is 21.6 Å². The Morgan fingerprint density at radius 3 is 2.64 bits per heavy atom. The molecule has 0 bridgehead atoms. The zero-order valence-corrected chi connectivity index (χ0v) is 15.6. The highest BCUT2D eigenvalue weighted by Gasteiger charge is 2.15. The van der Waals surface area contributed by atoms with Crippen molar-refractivity contribution in [2.75, 3.05) is 11.1 Å². The van der Waals surface area contributed by atoms with Crippen molar-refractivity contribution >= 4 is 56.2 Å². The van der Waals surface area contributed by atoms with Crippen molar-refractivity contribution < 1.29 is 9.21 Å². The van der Waals surface area contributed by atoms with Gasteiger partial charge < -0.3 is 9.73 Å². The number of carbonyl (C=O) groups is 1. The third-order valence-electron chi connectivity index (χ3n) is 4.53. The molecule has 2 heterocycles. The quantitative estimate of drug-likeness (QED) is 0.338. The Bertz CT molecular complexity index is 1320. The summed E-state index contributed by atoms with van der Waals surface area (Å²) in [7, 11) is 0. The fourth-order valence-corrected chi connectivity index (χ4v) is 3.99. The van der Waals surface area contributed by atoms with Gasteiger partial charge in [-0.25, -0.2) is 9.97 Å². The molecule has 1 amide bonds. The molecule has 1 N–H and O–H groups in total. The number of thioether (sulfide) groups is 1. The van der Waals surface area contributed by atoms with Crippen LogP contribution < -0.4 is 5.32 Å². The van der Waals surface area contributed by atoms with Crippen LogP contribution in [0, 0.1) is 0 Å². The van der Waals surface area contributed by atoms with E-state index in [2.05, 4.69) is 15.3 Å². The number of rotatable bonds is 4. The SMILES string of the molecule is O=C(CSc1ncnc2c1oc1ccccc12)Nc1cccc2ccccc12. The molecule has 2 aromatic heterocycles. The standard InChI is InChI=1S/C22H15N3O2S/c26-19(25-17-10-5-7-14-6-1-2-8-15(14)17)12-28-22-21-20(23-13-24-22)16-9-3-4-11-18(16)27-21/h1-11,13H,12H2,(H,25,26). The Balaban J connectivity index is 1.38. The first kappa shape index (κ1) is 16.8. The monoisotopic (exact) mass is 385 g/mol. The van der Waals surface area contributed by atoms with Gasteiger partial charge in [0.2, 0.25) is 5.91 Å². The van der Waals surface area contributed by atoms with Crippen molar-refractivity contribution in [1.29, 1.82) is 0 Å². The highest BCUT2D eigenvalue weighted by molar-refractivity contribution is 8.00. The largest absolute Gasteiger partial charge is 0.451 e. The van der Waals surface area contributed by atoms with Gasteiger partial charge in [0.05, 0.1) is 5.75 Å². The van der Waals surface area contributed by atoms with Crippen molar-refractivity contribution in [2.24, 2.45) is 0 Å². The number of hydrogen-bond donors (Lipinski definition) is 1. The van der Waals surface area contributed by atoms with Crippen LogP contribution in [0.3, 0.4) is 0 Å². The number of nitrogens with one attached hydrogen (secondary N) is 1. The molecule has 0 radical (unpaired) electrons. The predicted octanol–water partition coefficient (Wildman–Crippen LogP) is 5.26. The van der Waals surface area contributed by atoms with Gasteiger partial charge in [-0.3, -0.25) is 4.79 Å². The molecule has 0 aliphatic carbocycles. The normalized spacial score (nSPS) is 11.3. The molecule has 5 nitrogen and oxygen atoms in total. The number of furan rings is 1. The number of aromatic nitrogens is 2. The summed E-state index contributed by atoms with van der Waals surface area (Å²) in [6, 6.07) is 21.6. The van der Waals surface area contributed by atoms with E-state index in [1.807, 2.05) is 66.7 Å². The number of carbonyl (C=O) groups excluding carboxylic acids is 1. The second-order valence-corrected chi connectivity index (χ2v) is 7.28. The number of benzene rings is 3. The summed E-state index contributed by atoms with van der Waals surface area (Å²) in [5.41, 5.74) is 2.95. The highest BCUT2D eigenvalue weighted by atomic mass is 32.2. The fourth-order valence-electron chi connectivity index (χ4n) is 3.26. The Kier molecular flexibility index (Phi) is 4.18. The topological polar surface area (TPSA) is 68.0 Å². The molecule has 0 saturated heterocycles. The van der Waals surface area contributed by atoms with Crippen molar-refractivity contribution in [3.8, 4) is 0 Å². The summed E-state index contributed by atoms with van der Waals surface area (Å²) >= 11 is 1.34. The van der Waals surface area contributed by atoms with Gasteiger partial charge in [0.15, 0.2) is 5.58 Å². The van der Waals surface area contributed by atoms with Crippen molar-refractivity contribution in [1.82, 2.24) is 9.97 Å². The Labute approximate surface area is 164 Å². The van der Waals surface area contributed by atoms with Gasteiger partial charge >= 0.3 is 0 Å². The van der Waals surface area contributed by atoms with E-state index in [0.29, 0.717) is 10.6 Å². The van der Waals surface area contributed by atoms with Gasteiger partial charge in [0.1, 0.15) is 22.5 Å². The lowest BCUT2D eigenvalue weighted by Gasteiger charge is -2.08. The second-order valence-electron chi connectivity index (χ2n) is 6.32. The molecule has 6 heteroatoms. The lowest BCUT2D eigenvalue weighted by atomic mass is 10.1. The summed E-state index contributed by atoms with van der Waals surface area (Å²) in [6.07, 6.45) is 1.51. The van der Waals surface area contributed by atoms with Gasteiger partial charge in [0.25, 0.3) is 0 Å². The average molecular weight is 385 g/mol. The van der Waals surface area contributed by atoms with E-state index in [1.165, 1.54) is 18.1 Å². The minimum Gasteiger partial charge on any atom is -0.451 e. The molecule has 5 rings (SSSR count). The first-order valence-corrected chi connectivity index (χ1v) is 9.81. The van der Waals surface area contributed by atoms with Gasteiger partial charge in [-0.05, 0) is 23.6 Å². The molecule has 0 fully saturated rings. The first-order valence-electron chi connectivity index (χ1n) is 8.82. The first-order chi connectivity index (χ1) is 13.8. The van der Waals surface area contributed by atoms with E-state index in [9.17, 15) is 4.79 Å². The molecule has 0 spiro atoms. The van der Waals surface area contributed by atoms with Crippen LogP contribution in [-0.2, 0) is 4.79 Å². The van der Waals surface area contributed by atoms with Gasteiger partial charge in [0, 0.05) is 16.5 Å². The van der Waals surface area contributed by atoms with E-state index in [1.54, 1.807) is 0 Å². The predicted molar refractivity (Wildman–Crippen MR) is 113 cm³/mol. The molecule has 0 aliphatic heterocycles. The Hall–Kier alpha value is -3.38. The molecule has 0 unspecified atom stereocenters. The van der Waals surface area contributed by atoms with Crippen molar-refractivity contribution in [2.45, 2.75) is 5.03 Å². The molecule has 0 saturated carbocycles. The summed E-state index contributed by atoms with van der Waals surface area (Å²) in [6.45, 7) is 0. The number of nitrogens with zero attached hydrogens (tertiary/aromatic N) is 2. The maximum Gasteiger partial charge on any atom is 0.234 e. The smallest absolute Gasteiger partial charge is 0.234 e. The van der Waals surface area contributed by atoms with E-state index < -0.39 is 0 Å². The number of anilines is 1. The zero-order valence-electron chi connectivity index (χ0n) is 14.8. The van der Waals surface area contributed by atoms with Crippen LogP contribution >= 0.6 is 11.8 Å². The van der Waals surface area contributed by atoms with Crippen LogP contribution in [0.1, 0.15) is 0 Å². The fraction of sp³-hybridized carbons (Fsp3) is 0.0455. The van der Waals surface area contributed by atoms with Crippen LogP contribution in [0.4, 0.5) is 5.69 Å². The van der Waals surface area contributed by atoms with Gasteiger partial charge in [-0.1, -0.05) is 60.3 Å². The molecule has 28 heavy (non-hydrogen) atoms. The lowest BCUT2D eigenvalue weighted by molar-refractivity contribution is -0.113. The number of hydrogen-bond acceptors (Lipinski definition) is 5. The van der Waals surface area contributed by atoms with Crippen molar-refractivity contribution in [3.05, 3.63) is 73.1 Å².